The summed E-state index contributed by atoms with van der Waals surface area (Å²) in [5.41, 5.74) is 1.06. The van der Waals surface area contributed by atoms with Gasteiger partial charge in [0, 0.05) is 35.3 Å². The van der Waals surface area contributed by atoms with E-state index in [-0.39, 0.29) is 22.9 Å². The second-order valence-corrected chi connectivity index (χ2v) is 7.08. The van der Waals surface area contributed by atoms with Crippen LogP contribution in [0.3, 0.4) is 0 Å². The third kappa shape index (κ3) is 6.11. The van der Waals surface area contributed by atoms with E-state index in [4.69, 9.17) is 0 Å². The first-order chi connectivity index (χ1) is 12.0. The maximum atomic E-state index is 12.2. The topological polar surface area (TPSA) is 84.3 Å². The van der Waals surface area contributed by atoms with Crippen molar-refractivity contribution in [3.8, 4) is 0 Å². The smallest absolute Gasteiger partial charge is 0.269 e. The Morgan fingerprint density at radius 2 is 1.76 bits per heavy atom. The Morgan fingerprint density at radius 3 is 2.36 bits per heavy atom. The number of nitro benzene ring substituents is 1. The highest BCUT2D eigenvalue weighted by Crippen LogP contribution is 2.25. The van der Waals surface area contributed by atoms with Gasteiger partial charge in [0.1, 0.15) is 0 Å². The van der Waals surface area contributed by atoms with Gasteiger partial charge in [-0.2, -0.15) is 0 Å². The van der Waals surface area contributed by atoms with Gasteiger partial charge < -0.3 is 10.6 Å². The zero-order valence-corrected chi connectivity index (χ0v) is 15.0. The Labute approximate surface area is 151 Å². The van der Waals surface area contributed by atoms with Crippen molar-refractivity contribution in [2.75, 3.05) is 11.9 Å². The molecular weight excluding hydrogens is 338 g/mol. The van der Waals surface area contributed by atoms with E-state index in [9.17, 15) is 14.9 Å². The minimum absolute atomic E-state index is 0.0438. The molecule has 0 aliphatic heterocycles. The van der Waals surface area contributed by atoms with Gasteiger partial charge in [-0.25, -0.2) is 0 Å². The van der Waals surface area contributed by atoms with Crippen LogP contribution in [-0.2, 0) is 4.79 Å². The predicted octanol–water partition coefficient (Wildman–Crippen LogP) is 3.69. The van der Waals surface area contributed by atoms with Crippen LogP contribution in [0.25, 0.3) is 0 Å². The molecule has 0 aliphatic rings. The first-order valence-electron chi connectivity index (χ1n) is 7.96. The summed E-state index contributed by atoms with van der Waals surface area (Å²) in [5, 5.41) is 16.6. The van der Waals surface area contributed by atoms with E-state index >= 15 is 0 Å². The van der Waals surface area contributed by atoms with Gasteiger partial charge >= 0.3 is 0 Å². The summed E-state index contributed by atoms with van der Waals surface area (Å²) in [6.45, 7) is 4.33. The number of carbonyl (C=O) groups excluding carboxylic acids is 1. The second-order valence-electron chi connectivity index (χ2n) is 5.67. The summed E-state index contributed by atoms with van der Waals surface area (Å²) in [6, 6.07) is 16.1. The van der Waals surface area contributed by atoms with Crippen molar-refractivity contribution >= 4 is 29.0 Å². The Bertz CT molecular complexity index is 707. The van der Waals surface area contributed by atoms with Crippen LogP contribution in [0.15, 0.2) is 59.5 Å². The molecule has 7 heteroatoms. The van der Waals surface area contributed by atoms with Crippen molar-refractivity contribution < 1.29 is 9.72 Å². The number of nitrogens with one attached hydrogen (secondary N) is 2. The summed E-state index contributed by atoms with van der Waals surface area (Å²) in [4.78, 5) is 23.2. The quantitative estimate of drug-likeness (QED) is 0.427. The van der Waals surface area contributed by atoms with E-state index < -0.39 is 4.92 Å². The molecule has 2 N–H and O–H groups in total. The fraction of sp³-hybridized carbons (Fsp3) is 0.278. The molecule has 0 unspecified atom stereocenters. The van der Waals surface area contributed by atoms with Gasteiger partial charge in [-0.15, -0.1) is 11.8 Å². The van der Waals surface area contributed by atoms with E-state index in [0.717, 1.165) is 10.6 Å². The van der Waals surface area contributed by atoms with Crippen LogP contribution in [0.2, 0.25) is 0 Å². The van der Waals surface area contributed by atoms with Gasteiger partial charge in [-0.1, -0.05) is 18.2 Å². The van der Waals surface area contributed by atoms with Crippen LogP contribution in [-0.4, -0.2) is 28.7 Å². The van der Waals surface area contributed by atoms with Crippen molar-refractivity contribution in [2.45, 2.75) is 30.0 Å². The van der Waals surface area contributed by atoms with E-state index in [1.807, 2.05) is 44.2 Å². The average Bonchev–Trinajstić information content (AvgIpc) is 2.61. The maximum Gasteiger partial charge on any atom is 0.269 e. The van der Waals surface area contributed by atoms with Gasteiger partial charge in [-0.3, -0.25) is 14.9 Å². The molecule has 6 nitrogen and oxygen atoms in total. The van der Waals surface area contributed by atoms with Crippen LogP contribution in [0, 0.1) is 10.1 Å². The largest absolute Gasteiger partial charge is 0.381 e. The molecule has 1 amide bonds. The fourth-order valence-corrected chi connectivity index (χ4v) is 3.06. The van der Waals surface area contributed by atoms with E-state index in [2.05, 4.69) is 10.6 Å². The van der Waals surface area contributed by atoms with Gasteiger partial charge in [0.05, 0.1) is 10.2 Å². The van der Waals surface area contributed by atoms with Crippen molar-refractivity contribution in [3.05, 3.63) is 64.7 Å². The Balaban J connectivity index is 1.78. The maximum absolute atomic E-state index is 12.2. The molecule has 0 fully saturated rings. The number of benzene rings is 2. The van der Waals surface area contributed by atoms with Gasteiger partial charge in [0.15, 0.2) is 0 Å². The molecule has 0 radical (unpaired) electrons. The molecule has 132 valence electrons. The van der Waals surface area contributed by atoms with Crippen LogP contribution in [0.5, 0.6) is 0 Å². The Hall–Kier alpha value is -2.54. The molecule has 2 rings (SSSR count). The van der Waals surface area contributed by atoms with Gasteiger partial charge in [0.2, 0.25) is 5.91 Å². The van der Waals surface area contributed by atoms with Crippen molar-refractivity contribution in [3.63, 3.8) is 0 Å². The van der Waals surface area contributed by atoms with E-state index in [0.29, 0.717) is 6.54 Å². The number of hydrogen-bond donors (Lipinski definition) is 2. The lowest BCUT2D eigenvalue weighted by Gasteiger charge is -2.18. The Kier molecular flexibility index (Phi) is 6.82. The second kappa shape index (κ2) is 9.08. The lowest BCUT2D eigenvalue weighted by molar-refractivity contribution is -0.384. The monoisotopic (exact) mass is 359 g/mol. The number of carbonyl (C=O) groups is 1. The van der Waals surface area contributed by atoms with E-state index in [1.165, 1.54) is 23.9 Å². The molecule has 2 atom stereocenters. The van der Waals surface area contributed by atoms with Gasteiger partial charge in [-0.05, 0) is 38.1 Å². The summed E-state index contributed by atoms with van der Waals surface area (Å²) in [5.74, 6) is -0.0648. The zero-order chi connectivity index (χ0) is 18.2. The minimum Gasteiger partial charge on any atom is -0.381 e. The number of amides is 1. The third-order valence-electron chi connectivity index (χ3n) is 3.50. The molecule has 0 bridgehead atoms. The lowest BCUT2D eigenvalue weighted by Crippen LogP contribution is -2.38. The number of nitrogens with zero attached hydrogens (tertiary/aromatic N) is 1. The molecule has 0 heterocycles. The number of non-ortho nitro benzene ring substituents is 1. The van der Waals surface area contributed by atoms with Crippen LogP contribution < -0.4 is 10.6 Å². The molecule has 2 aromatic rings. The molecule has 0 aliphatic carbocycles. The molecule has 25 heavy (non-hydrogen) atoms. The summed E-state index contributed by atoms with van der Waals surface area (Å²) in [7, 11) is 0. The first kappa shape index (κ1) is 18.8. The average molecular weight is 359 g/mol. The number of rotatable bonds is 8. The molecule has 0 saturated carbocycles. The minimum atomic E-state index is -0.439. The first-order valence-corrected chi connectivity index (χ1v) is 8.84. The van der Waals surface area contributed by atoms with Crippen LogP contribution >= 0.6 is 11.8 Å². The van der Waals surface area contributed by atoms with E-state index in [1.54, 1.807) is 12.1 Å². The summed E-state index contributed by atoms with van der Waals surface area (Å²) in [6.07, 6.45) is 0. The number of nitro groups is 1. The van der Waals surface area contributed by atoms with Crippen molar-refractivity contribution in [1.82, 2.24) is 5.32 Å². The van der Waals surface area contributed by atoms with Crippen LogP contribution in [0.1, 0.15) is 13.8 Å². The summed E-state index contributed by atoms with van der Waals surface area (Å²) < 4.78 is 0. The SMILES string of the molecule is C[C@H](CNC(=O)[C@@H](C)Sc1ccc([N+](=O)[O-])cc1)Nc1ccccc1. The van der Waals surface area contributed by atoms with Crippen molar-refractivity contribution in [2.24, 2.45) is 0 Å². The molecule has 2 aromatic carbocycles. The predicted molar refractivity (Wildman–Crippen MR) is 101 cm³/mol. The highest BCUT2D eigenvalue weighted by molar-refractivity contribution is 8.00. The molecule has 0 saturated heterocycles. The van der Waals surface area contributed by atoms with Crippen molar-refractivity contribution in [1.29, 1.82) is 0 Å². The third-order valence-corrected chi connectivity index (χ3v) is 4.61. The highest BCUT2D eigenvalue weighted by atomic mass is 32.2. The summed E-state index contributed by atoms with van der Waals surface area (Å²) >= 11 is 1.37. The zero-order valence-electron chi connectivity index (χ0n) is 14.1. The lowest BCUT2D eigenvalue weighted by atomic mass is 10.2. The standard InChI is InChI=1S/C18H21N3O3S/c1-13(20-15-6-4-3-5-7-15)12-19-18(22)14(2)25-17-10-8-16(9-11-17)21(23)24/h3-11,13-14,20H,12H2,1-2H3,(H,19,22)/t13-,14-/m1/s1. The number of thioether (sulfide) groups is 1. The number of hydrogen-bond acceptors (Lipinski definition) is 5. The Morgan fingerprint density at radius 1 is 1.12 bits per heavy atom. The normalized spacial score (nSPS) is 12.9. The van der Waals surface area contributed by atoms with Crippen LogP contribution in [0.4, 0.5) is 11.4 Å². The molecular formula is C18H21N3O3S. The highest BCUT2D eigenvalue weighted by Gasteiger charge is 2.15. The number of para-hydroxylation sites is 1. The number of anilines is 1. The fourth-order valence-electron chi connectivity index (χ4n) is 2.17. The van der Waals surface area contributed by atoms with Gasteiger partial charge in [0.25, 0.3) is 5.69 Å². The molecule has 0 spiro atoms. The molecule has 0 aromatic heterocycles.